The molecule has 1 heterocycles. The van der Waals surface area contributed by atoms with Gasteiger partial charge in [0.25, 0.3) is 0 Å². The molecule has 0 radical (unpaired) electrons. The number of hydrogen-bond acceptors (Lipinski definition) is 2. The molecular formula is C23H41NO. The van der Waals surface area contributed by atoms with Crippen molar-refractivity contribution >= 4 is 5.90 Å². The maximum absolute atomic E-state index is 5.44. The van der Waals surface area contributed by atoms with E-state index in [-0.39, 0.29) is 0 Å². The van der Waals surface area contributed by atoms with E-state index in [1.54, 1.807) is 0 Å². The van der Waals surface area contributed by atoms with E-state index >= 15 is 0 Å². The summed E-state index contributed by atoms with van der Waals surface area (Å²) in [6.45, 7) is 4.00. The Morgan fingerprint density at radius 3 is 1.96 bits per heavy atom. The summed E-state index contributed by atoms with van der Waals surface area (Å²) in [5.74, 6) is 0.789. The number of nitrogens with zero attached hydrogens (tertiary/aromatic N) is 1. The maximum Gasteiger partial charge on any atom is 0.208 e. The van der Waals surface area contributed by atoms with Crippen molar-refractivity contribution in [3.63, 3.8) is 0 Å². The number of hydrogen-bond donors (Lipinski definition) is 0. The van der Waals surface area contributed by atoms with Crippen LogP contribution in [-0.2, 0) is 4.74 Å². The number of aliphatic imine (C=N–C) groups is 1. The molecule has 0 amide bonds. The van der Waals surface area contributed by atoms with Gasteiger partial charge in [-0.2, -0.15) is 0 Å². The van der Waals surface area contributed by atoms with Crippen LogP contribution in [0.15, 0.2) is 29.3 Å². The summed E-state index contributed by atoms with van der Waals surface area (Å²) in [7, 11) is 0. The third-order valence-corrected chi connectivity index (χ3v) is 4.78. The normalized spacial score (nSPS) is 15.0. The third kappa shape index (κ3) is 15.0. The number of rotatable bonds is 16. The fourth-order valence-corrected chi connectivity index (χ4v) is 3.17. The Labute approximate surface area is 156 Å². The van der Waals surface area contributed by atoms with Gasteiger partial charge in [0.15, 0.2) is 0 Å². The van der Waals surface area contributed by atoms with Gasteiger partial charge in [-0.05, 0) is 18.9 Å². The molecule has 0 aliphatic carbocycles. The lowest BCUT2D eigenvalue weighted by Crippen LogP contribution is -2.10. The van der Waals surface area contributed by atoms with E-state index < -0.39 is 0 Å². The van der Waals surface area contributed by atoms with E-state index in [2.05, 4.69) is 24.1 Å². The zero-order valence-corrected chi connectivity index (χ0v) is 16.7. The van der Waals surface area contributed by atoms with Gasteiger partial charge in [0.2, 0.25) is 5.90 Å². The molecule has 0 bridgehead atoms. The first-order chi connectivity index (χ1) is 12.4. The lowest BCUT2D eigenvalue weighted by atomic mass is 10.0. The van der Waals surface area contributed by atoms with Crippen LogP contribution in [0.1, 0.15) is 103 Å². The minimum absolute atomic E-state index is 0.789. The van der Waals surface area contributed by atoms with Gasteiger partial charge < -0.3 is 4.74 Å². The summed E-state index contributed by atoms with van der Waals surface area (Å²) >= 11 is 0. The molecule has 0 saturated carbocycles. The first-order valence-corrected chi connectivity index (χ1v) is 10.9. The summed E-state index contributed by atoms with van der Waals surface area (Å²) in [4.78, 5) is 4.31. The summed E-state index contributed by atoms with van der Waals surface area (Å²) in [5.41, 5.74) is 0. The molecule has 1 rings (SSSR count). The lowest BCUT2D eigenvalue weighted by Gasteiger charge is -2.09. The summed E-state index contributed by atoms with van der Waals surface area (Å²) in [5, 5.41) is 0. The molecule has 0 atom stereocenters. The highest BCUT2D eigenvalue weighted by molar-refractivity contribution is 5.88. The minimum Gasteiger partial charge on any atom is -0.478 e. The molecule has 0 aromatic heterocycles. The quantitative estimate of drug-likeness (QED) is 0.210. The van der Waals surface area contributed by atoms with Crippen LogP contribution in [0.5, 0.6) is 0 Å². The van der Waals surface area contributed by atoms with Crippen molar-refractivity contribution in [2.45, 2.75) is 103 Å². The predicted octanol–water partition coefficient (Wildman–Crippen LogP) is 7.40. The van der Waals surface area contributed by atoms with E-state index in [1.165, 1.54) is 89.9 Å². The molecule has 25 heavy (non-hydrogen) atoms. The van der Waals surface area contributed by atoms with Crippen LogP contribution in [0.4, 0.5) is 0 Å². The Morgan fingerprint density at radius 2 is 1.40 bits per heavy atom. The van der Waals surface area contributed by atoms with Crippen molar-refractivity contribution in [3.8, 4) is 0 Å². The molecule has 2 heteroatoms. The van der Waals surface area contributed by atoms with Crippen molar-refractivity contribution in [2.75, 3.05) is 13.2 Å². The van der Waals surface area contributed by atoms with Gasteiger partial charge in [-0.25, -0.2) is 0 Å². The van der Waals surface area contributed by atoms with E-state index in [4.69, 9.17) is 4.74 Å². The minimum atomic E-state index is 0.789. The van der Waals surface area contributed by atoms with E-state index in [1.807, 2.05) is 12.2 Å². The second-order valence-electron chi connectivity index (χ2n) is 7.24. The van der Waals surface area contributed by atoms with Gasteiger partial charge in [-0.15, -0.1) is 0 Å². The van der Waals surface area contributed by atoms with Crippen LogP contribution in [0, 0.1) is 0 Å². The van der Waals surface area contributed by atoms with Gasteiger partial charge in [0.1, 0.15) is 0 Å². The maximum atomic E-state index is 5.44. The van der Waals surface area contributed by atoms with Crippen LogP contribution in [0.3, 0.4) is 0 Å². The van der Waals surface area contributed by atoms with Crippen molar-refractivity contribution in [1.29, 1.82) is 0 Å². The topological polar surface area (TPSA) is 21.6 Å². The summed E-state index contributed by atoms with van der Waals surface area (Å²) < 4.78 is 5.44. The average Bonchev–Trinajstić information content (AvgIpc) is 2.65. The number of allylic oxidation sites excluding steroid dienone is 3. The van der Waals surface area contributed by atoms with Gasteiger partial charge in [-0.3, -0.25) is 4.99 Å². The Kier molecular flexibility index (Phi) is 15.6. The first kappa shape index (κ1) is 22.0. The predicted molar refractivity (Wildman–Crippen MR) is 111 cm³/mol. The molecule has 1 aliphatic heterocycles. The molecule has 0 saturated heterocycles. The molecule has 0 spiro atoms. The zero-order valence-electron chi connectivity index (χ0n) is 16.7. The highest BCUT2D eigenvalue weighted by Gasteiger charge is 2.00. The largest absolute Gasteiger partial charge is 0.478 e. The second kappa shape index (κ2) is 17.8. The van der Waals surface area contributed by atoms with Gasteiger partial charge >= 0.3 is 0 Å². The zero-order chi connectivity index (χ0) is 17.8. The highest BCUT2D eigenvalue weighted by Crippen LogP contribution is 2.13. The number of unbranched alkanes of at least 4 members (excludes halogenated alkanes) is 13. The molecular weight excluding hydrogens is 306 g/mol. The van der Waals surface area contributed by atoms with Gasteiger partial charge in [0, 0.05) is 13.0 Å². The van der Waals surface area contributed by atoms with Crippen LogP contribution in [0.2, 0.25) is 0 Å². The van der Waals surface area contributed by atoms with Crippen LogP contribution in [0.25, 0.3) is 0 Å². The summed E-state index contributed by atoms with van der Waals surface area (Å²) in [6, 6.07) is 0. The average molecular weight is 348 g/mol. The molecule has 0 fully saturated rings. The molecule has 2 nitrogen and oxygen atoms in total. The van der Waals surface area contributed by atoms with Crippen LogP contribution < -0.4 is 0 Å². The van der Waals surface area contributed by atoms with Crippen molar-refractivity contribution in [2.24, 2.45) is 4.99 Å². The van der Waals surface area contributed by atoms with Crippen molar-refractivity contribution in [1.82, 2.24) is 0 Å². The fourth-order valence-electron chi connectivity index (χ4n) is 3.17. The summed E-state index contributed by atoms with van der Waals surface area (Å²) in [6.07, 6.45) is 29.1. The van der Waals surface area contributed by atoms with E-state index in [0.717, 1.165) is 25.5 Å². The van der Waals surface area contributed by atoms with Crippen molar-refractivity contribution in [3.05, 3.63) is 24.3 Å². The Morgan fingerprint density at radius 1 is 0.800 bits per heavy atom. The van der Waals surface area contributed by atoms with E-state index in [9.17, 15) is 0 Å². The van der Waals surface area contributed by atoms with Crippen molar-refractivity contribution < 1.29 is 4.74 Å². The molecule has 144 valence electrons. The number of ether oxygens (including phenoxy) is 1. The molecule has 0 aromatic carbocycles. The van der Waals surface area contributed by atoms with Gasteiger partial charge in [0.05, 0.1) is 6.61 Å². The Balaban J connectivity index is 1.77. The standard InChI is InChI=1S/C23H41NO/c1-2-3-4-5-6-7-8-9-10-11-12-13-14-15-16-17-18-20-23-24-21-19-22-25-23/h16-18,20H,2-15,19,21-22H2,1H3. The molecule has 1 aliphatic rings. The van der Waals surface area contributed by atoms with Gasteiger partial charge in [-0.1, -0.05) is 102 Å². The first-order valence-electron chi connectivity index (χ1n) is 10.9. The highest BCUT2D eigenvalue weighted by atomic mass is 16.5. The smallest absolute Gasteiger partial charge is 0.208 e. The monoisotopic (exact) mass is 347 g/mol. The second-order valence-corrected chi connectivity index (χ2v) is 7.24. The van der Waals surface area contributed by atoms with E-state index in [0.29, 0.717) is 0 Å². The van der Waals surface area contributed by atoms with Crippen LogP contribution in [-0.4, -0.2) is 19.0 Å². The fraction of sp³-hybridized carbons (Fsp3) is 0.783. The molecule has 0 N–H and O–H groups in total. The third-order valence-electron chi connectivity index (χ3n) is 4.78. The van der Waals surface area contributed by atoms with Crippen LogP contribution >= 0.6 is 0 Å². The molecule has 0 unspecified atom stereocenters. The Bertz CT molecular complexity index is 370. The molecule has 0 aromatic rings. The lowest BCUT2D eigenvalue weighted by molar-refractivity contribution is 0.285. The SMILES string of the molecule is CCCCCCCCCCCCCCCC=CC=CC1=NCCCO1. The Hall–Kier alpha value is -1.05.